The van der Waals surface area contributed by atoms with E-state index >= 15 is 0 Å². The molecule has 0 aliphatic carbocycles. The van der Waals surface area contributed by atoms with Gasteiger partial charge in [0, 0.05) is 6.42 Å². The predicted octanol–water partition coefficient (Wildman–Crippen LogP) is 1.17. The molecule has 0 amide bonds. The summed E-state index contributed by atoms with van der Waals surface area (Å²) in [4.78, 5) is 13.7. The highest BCUT2D eigenvalue weighted by Crippen LogP contribution is 2.29. The molecule has 2 aliphatic heterocycles. The molecule has 1 spiro atoms. The van der Waals surface area contributed by atoms with Crippen molar-refractivity contribution in [3.63, 3.8) is 0 Å². The van der Waals surface area contributed by atoms with Crippen LogP contribution in [-0.2, 0) is 19.0 Å². The second-order valence-corrected chi connectivity index (χ2v) is 5.00. The molecule has 0 aromatic rings. The van der Waals surface area contributed by atoms with Gasteiger partial charge in [0.2, 0.25) is 0 Å². The number of carbonyl (C=O) groups excluding carboxylic acids is 1. The molecule has 104 valence electrons. The van der Waals surface area contributed by atoms with E-state index < -0.39 is 5.79 Å². The number of carbonyl (C=O) groups is 1. The molecule has 18 heavy (non-hydrogen) atoms. The third-order valence-corrected chi connectivity index (χ3v) is 3.42. The van der Waals surface area contributed by atoms with Gasteiger partial charge in [-0.2, -0.15) is 0 Å². The van der Waals surface area contributed by atoms with Gasteiger partial charge in [0.05, 0.1) is 32.9 Å². The van der Waals surface area contributed by atoms with E-state index in [-0.39, 0.29) is 5.97 Å². The highest BCUT2D eigenvalue weighted by molar-refractivity contribution is 5.71. The summed E-state index contributed by atoms with van der Waals surface area (Å²) in [6.45, 7) is 5.87. The second kappa shape index (κ2) is 6.50. The number of unbranched alkanes of at least 4 members (excludes halogenated alkanes) is 1. The van der Waals surface area contributed by atoms with Gasteiger partial charge in [0.25, 0.3) is 0 Å². The Balaban J connectivity index is 1.73. The summed E-state index contributed by atoms with van der Waals surface area (Å²) in [5.41, 5.74) is 0. The Morgan fingerprint density at radius 3 is 2.89 bits per heavy atom. The number of hydrogen-bond donors (Lipinski definition) is 0. The van der Waals surface area contributed by atoms with Gasteiger partial charge in [0.1, 0.15) is 0 Å². The van der Waals surface area contributed by atoms with Crippen LogP contribution in [0.1, 0.15) is 32.6 Å². The van der Waals surface area contributed by atoms with Crippen molar-refractivity contribution in [3.8, 4) is 0 Å². The first-order chi connectivity index (χ1) is 8.74. The summed E-state index contributed by atoms with van der Waals surface area (Å²) in [6, 6.07) is 0. The Labute approximate surface area is 108 Å². The molecule has 0 aromatic heterocycles. The zero-order valence-electron chi connectivity index (χ0n) is 11.2. The lowest BCUT2D eigenvalue weighted by molar-refractivity contribution is -0.191. The summed E-state index contributed by atoms with van der Waals surface area (Å²) in [5.74, 6) is -0.597. The van der Waals surface area contributed by atoms with E-state index in [1.165, 1.54) is 0 Å². The minimum absolute atomic E-state index is 0.140. The fourth-order valence-electron chi connectivity index (χ4n) is 2.50. The highest BCUT2D eigenvalue weighted by atomic mass is 16.7. The molecule has 0 N–H and O–H groups in total. The van der Waals surface area contributed by atoms with Crippen molar-refractivity contribution in [3.05, 3.63) is 0 Å². The normalized spacial score (nSPS) is 23.4. The minimum atomic E-state index is -0.456. The Bertz CT molecular complexity index is 276. The smallest absolute Gasteiger partial charge is 0.320 e. The van der Waals surface area contributed by atoms with Crippen LogP contribution in [0.4, 0.5) is 0 Å². The van der Waals surface area contributed by atoms with Crippen LogP contribution >= 0.6 is 0 Å². The fourth-order valence-corrected chi connectivity index (χ4v) is 2.50. The Morgan fingerprint density at radius 1 is 1.39 bits per heavy atom. The number of ether oxygens (including phenoxy) is 3. The van der Waals surface area contributed by atoms with Crippen LogP contribution in [0.15, 0.2) is 0 Å². The number of piperidine rings is 1. The summed E-state index contributed by atoms with van der Waals surface area (Å²) >= 11 is 0. The Kier molecular flexibility index (Phi) is 4.97. The van der Waals surface area contributed by atoms with Crippen LogP contribution in [0.3, 0.4) is 0 Å². The lowest BCUT2D eigenvalue weighted by atomic mass is 10.0. The molecule has 0 radical (unpaired) electrons. The average Bonchev–Trinajstić information content (AvgIpc) is 2.77. The van der Waals surface area contributed by atoms with Crippen LogP contribution < -0.4 is 0 Å². The number of esters is 1. The van der Waals surface area contributed by atoms with Crippen molar-refractivity contribution in [2.45, 2.75) is 38.4 Å². The van der Waals surface area contributed by atoms with E-state index in [4.69, 9.17) is 14.2 Å². The maximum Gasteiger partial charge on any atom is 0.320 e. The summed E-state index contributed by atoms with van der Waals surface area (Å²) < 4.78 is 16.5. The fraction of sp³-hybridized carbons (Fsp3) is 0.923. The molecule has 0 bridgehead atoms. The Hall–Kier alpha value is -0.650. The molecule has 2 saturated heterocycles. The minimum Gasteiger partial charge on any atom is -0.465 e. The largest absolute Gasteiger partial charge is 0.465 e. The van der Waals surface area contributed by atoms with Crippen molar-refractivity contribution in [1.29, 1.82) is 0 Å². The topological polar surface area (TPSA) is 48.0 Å². The standard InChI is InChI=1S/C13H23NO4/c1-2-3-7-16-12(15)10-14-6-4-5-13(11-14)17-8-9-18-13/h2-11H2,1H3. The van der Waals surface area contributed by atoms with Crippen LogP contribution in [0.2, 0.25) is 0 Å². The van der Waals surface area contributed by atoms with Gasteiger partial charge < -0.3 is 14.2 Å². The van der Waals surface area contributed by atoms with Gasteiger partial charge in [-0.25, -0.2) is 0 Å². The van der Waals surface area contributed by atoms with E-state index in [9.17, 15) is 4.79 Å². The van der Waals surface area contributed by atoms with E-state index in [0.717, 1.165) is 32.2 Å². The van der Waals surface area contributed by atoms with Crippen LogP contribution in [0.5, 0.6) is 0 Å². The number of hydrogen-bond acceptors (Lipinski definition) is 5. The molecular weight excluding hydrogens is 234 g/mol. The SMILES string of the molecule is CCCCOC(=O)CN1CCCC2(C1)OCCO2. The van der Waals surface area contributed by atoms with E-state index in [1.807, 2.05) is 0 Å². The van der Waals surface area contributed by atoms with Gasteiger partial charge in [-0.05, 0) is 19.4 Å². The quantitative estimate of drug-likeness (QED) is 0.546. The molecular formula is C13H23NO4. The van der Waals surface area contributed by atoms with E-state index in [2.05, 4.69) is 11.8 Å². The highest BCUT2D eigenvalue weighted by Gasteiger charge is 2.41. The van der Waals surface area contributed by atoms with E-state index in [1.54, 1.807) is 0 Å². The second-order valence-electron chi connectivity index (χ2n) is 5.00. The van der Waals surface area contributed by atoms with Gasteiger partial charge in [0.15, 0.2) is 5.79 Å². The number of rotatable bonds is 5. The van der Waals surface area contributed by atoms with E-state index in [0.29, 0.717) is 32.9 Å². The van der Waals surface area contributed by atoms with Crippen molar-refractivity contribution >= 4 is 5.97 Å². The van der Waals surface area contributed by atoms with Gasteiger partial charge in [-0.1, -0.05) is 13.3 Å². The van der Waals surface area contributed by atoms with Crippen LogP contribution in [0.25, 0.3) is 0 Å². The summed E-state index contributed by atoms with van der Waals surface area (Å²) in [5, 5.41) is 0. The molecule has 2 heterocycles. The first-order valence-corrected chi connectivity index (χ1v) is 6.90. The zero-order chi connectivity index (χ0) is 12.8. The lowest BCUT2D eigenvalue weighted by Gasteiger charge is -2.37. The monoisotopic (exact) mass is 257 g/mol. The molecule has 0 saturated carbocycles. The molecule has 5 nitrogen and oxygen atoms in total. The van der Waals surface area contributed by atoms with Gasteiger partial charge in [-0.15, -0.1) is 0 Å². The molecule has 0 atom stereocenters. The van der Waals surface area contributed by atoms with Crippen molar-refractivity contribution in [2.24, 2.45) is 0 Å². The molecule has 2 rings (SSSR count). The van der Waals surface area contributed by atoms with Crippen LogP contribution in [-0.4, -0.2) is 56.1 Å². The number of nitrogens with zero attached hydrogens (tertiary/aromatic N) is 1. The first kappa shape index (κ1) is 13.8. The third-order valence-electron chi connectivity index (χ3n) is 3.42. The Morgan fingerprint density at radius 2 is 2.17 bits per heavy atom. The van der Waals surface area contributed by atoms with Gasteiger partial charge >= 0.3 is 5.97 Å². The summed E-state index contributed by atoms with van der Waals surface area (Å²) in [6.07, 6.45) is 3.90. The molecule has 2 fully saturated rings. The maximum atomic E-state index is 11.6. The number of likely N-dealkylation sites (tertiary alicyclic amines) is 1. The van der Waals surface area contributed by atoms with Crippen molar-refractivity contribution in [1.82, 2.24) is 4.90 Å². The van der Waals surface area contributed by atoms with Gasteiger partial charge in [-0.3, -0.25) is 9.69 Å². The molecule has 0 unspecified atom stereocenters. The molecule has 2 aliphatic rings. The zero-order valence-corrected chi connectivity index (χ0v) is 11.2. The molecule has 0 aromatic carbocycles. The average molecular weight is 257 g/mol. The summed E-state index contributed by atoms with van der Waals surface area (Å²) in [7, 11) is 0. The lowest BCUT2D eigenvalue weighted by Crippen LogP contribution is -2.50. The van der Waals surface area contributed by atoms with Crippen molar-refractivity contribution < 1.29 is 19.0 Å². The van der Waals surface area contributed by atoms with Crippen molar-refractivity contribution in [2.75, 3.05) is 39.5 Å². The third kappa shape index (κ3) is 3.67. The maximum absolute atomic E-state index is 11.6. The van der Waals surface area contributed by atoms with Crippen LogP contribution in [0, 0.1) is 0 Å². The first-order valence-electron chi connectivity index (χ1n) is 6.90. The molecule has 5 heteroatoms. The predicted molar refractivity (Wildman–Crippen MR) is 66.2 cm³/mol.